The molecule has 0 aromatic heterocycles. The summed E-state index contributed by atoms with van der Waals surface area (Å²) in [5, 5.41) is 11.6. The van der Waals surface area contributed by atoms with Gasteiger partial charge in [-0.05, 0) is 44.2 Å². The van der Waals surface area contributed by atoms with Crippen molar-refractivity contribution in [2.45, 2.75) is 25.2 Å². The minimum absolute atomic E-state index is 0.217. The first-order chi connectivity index (χ1) is 8.49. The molecular weight excluding hydrogens is 244 g/mol. The van der Waals surface area contributed by atoms with Crippen molar-refractivity contribution in [1.82, 2.24) is 5.32 Å². The van der Waals surface area contributed by atoms with Crippen LogP contribution < -0.4 is 5.32 Å². The zero-order valence-corrected chi connectivity index (χ0v) is 11.8. The van der Waals surface area contributed by atoms with Crippen molar-refractivity contribution < 1.29 is 4.79 Å². The summed E-state index contributed by atoms with van der Waals surface area (Å²) in [6.45, 7) is 3.80. The third-order valence-corrected chi connectivity index (χ3v) is 3.45. The van der Waals surface area contributed by atoms with E-state index in [1.54, 1.807) is 25.6 Å². The molecular formula is C14H18N2OS. The number of nitrogens with one attached hydrogen (secondary N) is 1. The van der Waals surface area contributed by atoms with Gasteiger partial charge in [-0.3, -0.25) is 4.79 Å². The fraction of sp³-hybridized carbons (Fsp3) is 0.429. The van der Waals surface area contributed by atoms with Crippen molar-refractivity contribution in [3.8, 4) is 6.07 Å². The molecule has 0 fully saturated rings. The number of carbonyl (C=O) groups excluding carboxylic acids is 1. The number of nitriles is 1. The van der Waals surface area contributed by atoms with E-state index in [-0.39, 0.29) is 5.91 Å². The Morgan fingerprint density at radius 2 is 2.00 bits per heavy atom. The number of benzene rings is 1. The first-order valence-corrected chi connectivity index (χ1v) is 7.04. The van der Waals surface area contributed by atoms with E-state index in [0.717, 1.165) is 6.42 Å². The zero-order chi connectivity index (χ0) is 13.6. The first kappa shape index (κ1) is 14.6. The highest BCUT2D eigenvalue weighted by molar-refractivity contribution is 7.98. The summed E-state index contributed by atoms with van der Waals surface area (Å²) < 4.78 is 0. The number of thioether (sulfide) groups is 1. The van der Waals surface area contributed by atoms with Crippen LogP contribution in [0.5, 0.6) is 0 Å². The number of hydrogen-bond acceptors (Lipinski definition) is 3. The van der Waals surface area contributed by atoms with Gasteiger partial charge >= 0.3 is 0 Å². The molecule has 0 aliphatic carbocycles. The number of nitrogens with zero attached hydrogens (tertiary/aromatic N) is 1. The van der Waals surface area contributed by atoms with Gasteiger partial charge in [0.1, 0.15) is 5.41 Å². The molecule has 0 saturated carbocycles. The van der Waals surface area contributed by atoms with Gasteiger partial charge in [-0.15, -0.1) is 11.8 Å². The summed E-state index contributed by atoms with van der Waals surface area (Å²) in [4.78, 5) is 12.9. The third-order valence-electron chi connectivity index (χ3n) is 2.71. The summed E-state index contributed by atoms with van der Waals surface area (Å²) in [6.07, 6.45) is 2.82. The lowest BCUT2D eigenvalue weighted by atomic mass is 9.95. The molecule has 4 heteroatoms. The summed E-state index contributed by atoms with van der Waals surface area (Å²) in [5.74, 6) is -0.217. The second-order valence-electron chi connectivity index (χ2n) is 4.59. The van der Waals surface area contributed by atoms with E-state index in [1.165, 1.54) is 10.5 Å². The van der Waals surface area contributed by atoms with Gasteiger partial charge in [0.2, 0.25) is 5.91 Å². The third kappa shape index (κ3) is 4.08. The highest BCUT2D eigenvalue weighted by Crippen LogP contribution is 2.15. The Bertz CT molecular complexity index is 446. The molecule has 18 heavy (non-hydrogen) atoms. The Balaban J connectivity index is 2.42. The molecule has 0 spiro atoms. The van der Waals surface area contributed by atoms with E-state index in [4.69, 9.17) is 5.26 Å². The summed E-state index contributed by atoms with van der Waals surface area (Å²) in [6, 6.07) is 10.3. The molecule has 0 heterocycles. The van der Waals surface area contributed by atoms with Gasteiger partial charge in [0.05, 0.1) is 6.07 Å². The van der Waals surface area contributed by atoms with Gasteiger partial charge in [0.15, 0.2) is 0 Å². The normalized spacial score (nSPS) is 10.8. The maximum absolute atomic E-state index is 11.6. The summed E-state index contributed by atoms with van der Waals surface area (Å²) in [5.41, 5.74) is 0.228. The number of amides is 1. The van der Waals surface area contributed by atoms with Gasteiger partial charge in [-0.25, -0.2) is 0 Å². The molecule has 0 aliphatic heterocycles. The predicted octanol–water partition coefficient (Wildman–Crippen LogP) is 2.62. The second kappa shape index (κ2) is 6.46. The first-order valence-electron chi connectivity index (χ1n) is 5.82. The van der Waals surface area contributed by atoms with Crippen LogP contribution in [0.25, 0.3) is 0 Å². The number of carbonyl (C=O) groups is 1. The Hall–Kier alpha value is -1.47. The SMILES string of the molecule is CSc1ccc(CCNC(=O)C(C)(C)C#N)cc1. The Kier molecular flexibility index (Phi) is 5.24. The van der Waals surface area contributed by atoms with Crippen LogP contribution in [-0.2, 0) is 11.2 Å². The van der Waals surface area contributed by atoms with Crippen molar-refractivity contribution in [1.29, 1.82) is 5.26 Å². The van der Waals surface area contributed by atoms with Gasteiger partial charge in [-0.2, -0.15) is 5.26 Å². The van der Waals surface area contributed by atoms with Crippen LogP contribution in [0.3, 0.4) is 0 Å². The highest BCUT2D eigenvalue weighted by atomic mass is 32.2. The average Bonchev–Trinajstić information content (AvgIpc) is 2.39. The lowest BCUT2D eigenvalue weighted by molar-refractivity contribution is -0.126. The highest BCUT2D eigenvalue weighted by Gasteiger charge is 2.26. The quantitative estimate of drug-likeness (QED) is 0.830. The monoisotopic (exact) mass is 262 g/mol. The molecule has 0 bridgehead atoms. The standard InChI is InChI=1S/C14H18N2OS/c1-14(2,10-15)13(17)16-9-8-11-4-6-12(18-3)7-5-11/h4-7H,8-9H2,1-3H3,(H,16,17). The Morgan fingerprint density at radius 3 is 2.50 bits per heavy atom. The van der Waals surface area contributed by atoms with Gasteiger partial charge < -0.3 is 5.32 Å². The molecule has 0 unspecified atom stereocenters. The van der Waals surface area contributed by atoms with Crippen LogP contribution in [0.1, 0.15) is 19.4 Å². The van der Waals surface area contributed by atoms with E-state index >= 15 is 0 Å². The molecule has 1 N–H and O–H groups in total. The zero-order valence-electron chi connectivity index (χ0n) is 11.0. The molecule has 0 radical (unpaired) electrons. The lowest BCUT2D eigenvalue weighted by Gasteiger charge is -2.14. The lowest BCUT2D eigenvalue weighted by Crippen LogP contribution is -2.36. The molecule has 1 amide bonds. The van der Waals surface area contributed by atoms with Crippen LogP contribution in [0.15, 0.2) is 29.2 Å². The van der Waals surface area contributed by atoms with Gasteiger partial charge in [0.25, 0.3) is 0 Å². The van der Waals surface area contributed by atoms with Crippen LogP contribution in [0, 0.1) is 16.7 Å². The van der Waals surface area contributed by atoms with Crippen molar-refractivity contribution in [3.05, 3.63) is 29.8 Å². The van der Waals surface area contributed by atoms with E-state index in [1.807, 2.05) is 12.3 Å². The Labute approximate surface area is 113 Å². The molecule has 1 rings (SSSR count). The minimum atomic E-state index is -0.956. The van der Waals surface area contributed by atoms with E-state index in [0.29, 0.717) is 6.54 Å². The second-order valence-corrected chi connectivity index (χ2v) is 5.47. The fourth-order valence-corrected chi connectivity index (χ4v) is 1.79. The van der Waals surface area contributed by atoms with E-state index < -0.39 is 5.41 Å². The predicted molar refractivity (Wildman–Crippen MR) is 74.3 cm³/mol. The van der Waals surface area contributed by atoms with Gasteiger partial charge in [-0.1, -0.05) is 12.1 Å². The minimum Gasteiger partial charge on any atom is -0.354 e. The van der Waals surface area contributed by atoms with Crippen LogP contribution in [0.4, 0.5) is 0 Å². The largest absolute Gasteiger partial charge is 0.354 e. The van der Waals surface area contributed by atoms with Crippen molar-refractivity contribution >= 4 is 17.7 Å². The maximum Gasteiger partial charge on any atom is 0.239 e. The molecule has 1 aromatic carbocycles. The summed E-state index contributed by atoms with van der Waals surface area (Å²) >= 11 is 1.71. The van der Waals surface area contributed by atoms with E-state index in [2.05, 4.69) is 29.6 Å². The van der Waals surface area contributed by atoms with Crippen LogP contribution in [-0.4, -0.2) is 18.7 Å². The fourth-order valence-electron chi connectivity index (χ4n) is 1.38. The summed E-state index contributed by atoms with van der Waals surface area (Å²) in [7, 11) is 0. The Morgan fingerprint density at radius 1 is 1.39 bits per heavy atom. The smallest absolute Gasteiger partial charge is 0.239 e. The average molecular weight is 262 g/mol. The van der Waals surface area contributed by atoms with Crippen molar-refractivity contribution in [3.63, 3.8) is 0 Å². The van der Waals surface area contributed by atoms with Crippen LogP contribution in [0.2, 0.25) is 0 Å². The number of rotatable bonds is 5. The van der Waals surface area contributed by atoms with Crippen molar-refractivity contribution in [2.75, 3.05) is 12.8 Å². The van der Waals surface area contributed by atoms with Crippen molar-refractivity contribution in [2.24, 2.45) is 5.41 Å². The molecule has 96 valence electrons. The molecule has 0 saturated heterocycles. The van der Waals surface area contributed by atoms with Gasteiger partial charge in [0, 0.05) is 11.4 Å². The molecule has 3 nitrogen and oxygen atoms in total. The molecule has 0 aliphatic rings. The molecule has 0 atom stereocenters. The van der Waals surface area contributed by atoms with Crippen LogP contribution >= 0.6 is 11.8 Å². The molecule has 1 aromatic rings. The maximum atomic E-state index is 11.6. The topological polar surface area (TPSA) is 52.9 Å². The van der Waals surface area contributed by atoms with E-state index in [9.17, 15) is 4.79 Å². The number of hydrogen-bond donors (Lipinski definition) is 1.